The molecule has 0 spiro atoms. The number of hydrogen-bond acceptors (Lipinski definition) is 3. The number of nitrogens with one attached hydrogen (secondary N) is 1. The minimum atomic E-state index is 0.0507. The van der Waals surface area contributed by atoms with Gasteiger partial charge in [0.2, 0.25) is 6.41 Å². The molecule has 23 heavy (non-hydrogen) atoms. The van der Waals surface area contributed by atoms with Gasteiger partial charge in [0.1, 0.15) is 0 Å². The van der Waals surface area contributed by atoms with E-state index in [1.807, 2.05) is 61.5 Å². The molecule has 2 aromatic carbocycles. The third-order valence-electron chi connectivity index (χ3n) is 3.54. The summed E-state index contributed by atoms with van der Waals surface area (Å²) in [5.41, 5.74) is 10.1. The molecule has 0 bridgehead atoms. The first-order valence-electron chi connectivity index (χ1n) is 7.19. The number of fused-ring (bicyclic) bond motifs is 1. The van der Waals surface area contributed by atoms with Crippen LogP contribution in [0.4, 0.5) is 5.69 Å². The summed E-state index contributed by atoms with van der Waals surface area (Å²) < 4.78 is 0. The zero-order chi connectivity index (χ0) is 16.2. The van der Waals surface area contributed by atoms with Crippen molar-refractivity contribution in [2.75, 3.05) is 0 Å². The van der Waals surface area contributed by atoms with Crippen LogP contribution in [0.2, 0.25) is 0 Å². The van der Waals surface area contributed by atoms with Crippen LogP contribution in [-0.4, -0.2) is 17.4 Å². The number of aryl methyl sites for hydroxylation is 1. The molecule has 0 radical (unpaired) electrons. The number of guanidine groups is 1. The molecule has 0 aliphatic rings. The van der Waals surface area contributed by atoms with E-state index in [2.05, 4.69) is 10.3 Å². The van der Waals surface area contributed by atoms with Gasteiger partial charge in [-0.25, -0.2) is 9.98 Å². The van der Waals surface area contributed by atoms with Crippen molar-refractivity contribution in [3.8, 4) is 11.3 Å². The summed E-state index contributed by atoms with van der Waals surface area (Å²) in [6, 6.07) is 17.6. The highest BCUT2D eigenvalue weighted by atomic mass is 16.1. The molecule has 3 N–H and O–H groups in total. The minimum Gasteiger partial charge on any atom is -0.369 e. The van der Waals surface area contributed by atoms with Gasteiger partial charge in [0.05, 0.1) is 16.9 Å². The topological polar surface area (TPSA) is 80.4 Å². The standard InChI is InChI=1S/C18H16N4O/c1-12-6-5-9-14-17(12)16(22-18(19)20-11-23)10-15(21-14)13-7-3-2-4-8-13/h2-11H,1H3,(H3,19,20,21,22,23). The summed E-state index contributed by atoms with van der Waals surface area (Å²) >= 11 is 0. The number of nitrogens with zero attached hydrogens (tertiary/aromatic N) is 2. The summed E-state index contributed by atoms with van der Waals surface area (Å²) in [7, 11) is 0. The van der Waals surface area contributed by atoms with Crippen LogP contribution < -0.4 is 11.1 Å². The van der Waals surface area contributed by atoms with E-state index in [-0.39, 0.29) is 5.96 Å². The number of carbonyl (C=O) groups is 1. The first-order chi connectivity index (χ1) is 11.2. The van der Waals surface area contributed by atoms with Crippen LogP contribution >= 0.6 is 0 Å². The third kappa shape index (κ3) is 3.03. The van der Waals surface area contributed by atoms with Crippen molar-refractivity contribution in [1.82, 2.24) is 10.3 Å². The second kappa shape index (κ2) is 6.27. The lowest BCUT2D eigenvalue weighted by Gasteiger charge is -2.09. The van der Waals surface area contributed by atoms with Crippen molar-refractivity contribution < 1.29 is 4.79 Å². The highest BCUT2D eigenvalue weighted by molar-refractivity contribution is 5.98. The van der Waals surface area contributed by atoms with Gasteiger partial charge in [0, 0.05) is 10.9 Å². The number of aromatic nitrogens is 1. The van der Waals surface area contributed by atoms with E-state index in [0.29, 0.717) is 12.1 Å². The van der Waals surface area contributed by atoms with E-state index in [0.717, 1.165) is 27.7 Å². The monoisotopic (exact) mass is 304 g/mol. The van der Waals surface area contributed by atoms with Crippen LogP contribution in [-0.2, 0) is 4.79 Å². The van der Waals surface area contributed by atoms with Crippen molar-refractivity contribution in [2.45, 2.75) is 6.92 Å². The first-order valence-corrected chi connectivity index (χ1v) is 7.19. The lowest BCUT2D eigenvalue weighted by Crippen LogP contribution is -2.29. The van der Waals surface area contributed by atoms with Crippen LogP contribution in [0.3, 0.4) is 0 Å². The number of nitrogens with two attached hydrogens (primary N) is 1. The Bertz CT molecular complexity index is 888. The summed E-state index contributed by atoms with van der Waals surface area (Å²) in [5, 5.41) is 3.28. The maximum atomic E-state index is 10.5. The average molecular weight is 304 g/mol. The first kappa shape index (κ1) is 14.7. The predicted molar refractivity (Wildman–Crippen MR) is 92.4 cm³/mol. The van der Waals surface area contributed by atoms with Gasteiger partial charge in [-0.1, -0.05) is 42.5 Å². The lowest BCUT2D eigenvalue weighted by atomic mass is 10.0. The Labute approximate surface area is 133 Å². The molecule has 0 saturated carbocycles. The maximum absolute atomic E-state index is 10.5. The Morgan fingerprint density at radius 2 is 1.96 bits per heavy atom. The summed E-state index contributed by atoms with van der Waals surface area (Å²) in [4.78, 5) is 19.6. The van der Waals surface area contributed by atoms with E-state index in [1.165, 1.54) is 0 Å². The minimum absolute atomic E-state index is 0.0507. The van der Waals surface area contributed by atoms with Crippen LogP contribution in [0.1, 0.15) is 5.56 Å². The average Bonchev–Trinajstić information content (AvgIpc) is 2.55. The zero-order valence-corrected chi connectivity index (χ0v) is 12.7. The molecule has 1 amide bonds. The van der Waals surface area contributed by atoms with E-state index >= 15 is 0 Å². The Hall–Kier alpha value is -3.21. The van der Waals surface area contributed by atoms with Crippen molar-refractivity contribution >= 4 is 29.0 Å². The molecule has 1 aromatic heterocycles. The fourth-order valence-corrected chi connectivity index (χ4v) is 2.51. The molecule has 0 atom stereocenters. The van der Waals surface area contributed by atoms with Gasteiger partial charge in [-0.3, -0.25) is 10.1 Å². The van der Waals surface area contributed by atoms with Crippen molar-refractivity contribution in [2.24, 2.45) is 10.7 Å². The van der Waals surface area contributed by atoms with Gasteiger partial charge in [-0.15, -0.1) is 0 Å². The second-order valence-corrected chi connectivity index (χ2v) is 5.12. The number of hydrogen-bond donors (Lipinski definition) is 2. The Balaban J connectivity index is 2.26. The fourth-order valence-electron chi connectivity index (χ4n) is 2.51. The molecular formula is C18H16N4O. The highest BCUT2D eigenvalue weighted by Gasteiger charge is 2.09. The van der Waals surface area contributed by atoms with Gasteiger partial charge < -0.3 is 5.73 Å². The third-order valence-corrected chi connectivity index (χ3v) is 3.54. The maximum Gasteiger partial charge on any atom is 0.213 e. The molecule has 3 aromatic rings. The molecule has 0 saturated heterocycles. The van der Waals surface area contributed by atoms with Crippen molar-refractivity contribution in [3.63, 3.8) is 0 Å². The molecule has 114 valence electrons. The lowest BCUT2D eigenvalue weighted by molar-refractivity contribution is -0.108. The van der Waals surface area contributed by atoms with Gasteiger partial charge in [0.25, 0.3) is 0 Å². The smallest absolute Gasteiger partial charge is 0.213 e. The molecule has 0 aliphatic carbocycles. The summed E-state index contributed by atoms with van der Waals surface area (Å²) in [5.74, 6) is 0.0507. The second-order valence-electron chi connectivity index (χ2n) is 5.12. The van der Waals surface area contributed by atoms with Gasteiger partial charge >= 0.3 is 0 Å². The number of carbonyl (C=O) groups excluding carboxylic acids is 1. The van der Waals surface area contributed by atoms with E-state index < -0.39 is 0 Å². The van der Waals surface area contributed by atoms with Crippen molar-refractivity contribution in [1.29, 1.82) is 0 Å². The normalized spacial score (nSPS) is 11.4. The molecular weight excluding hydrogens is 288 g/mol. The number of aliphatic imine (C=N–C) groups is 1. The number of rotatable bonds is 3. The summed E-state index contributed by atoms with van der Waals surface area (Å²) in [6.45, 7) is 1.99. The number of amides is 1. The summed E-state index contributed by atoms with van der Waals surface area (Å²) in [6.07, 6.45) is 0.507. The SMILES string of the molecule is Cc1cccc2nc(-c3ccccc3)cc(N=C(N)NC=O)c12. The number of benzene rings is 2. The molecule has 5 nitrogen and oxygen atoms in total. The highest BCUT2D eigenvalue weighted by Crippen LogP contribution is 2.32. The quantitative estimate of drug-likeness (QED) is 0.443. The van der Waals surface area contributed by atoms with E-state index in [1.54, 1.807) is 0 Å². The molecule has 5 heteroatoms. The zero-order valence-electron chi connectivity index (χ0n) is 12.7. The largest absolute Gasteiger partial charge is 0.369 e. The molecule has 1 heterocycles. The van der Waals surface area contributed by atoms with Gasteiger partial charge in [-0.05, 0) is 24.6 Å². The predicted octanol–water partition coefficient (Wildman–Crippen LogP) is 2.90. The fraction of sp³-hybridized carbons (Fsp3) is 0.0556. The van der Waals surface area contributed by atoms with E-state index in [4.69, 9.17) is 10.7 Å². The Morgan fingerprint density at radius 3 is 2.70 bits per heavy atom. The molecule has 0 unspecified atom stereocenters. The van der Waals surface area contributed by atoms with Crippen LogP contribution in [0.15, 0.2) is 59.6 Å². The van der Waals surface area contributed by atoms with E-state index in [9.17, 15) is 4.79 Å². The Morgan fingerprint density at radius 1 is 1.17 bits per heavy atom. The number of pyridine rings is 1. The molecule has 0 fully saturated rings. The Kier molecular flexibility index (Phi) is 4.01. The van der Waals surface area contributed by atoms with Gasteiger partial charge in [0.15, 0.2) is 5.96 Å². The molecule has 0 aliphatic heterocycles. The van der Waals surface area contributed by atoms with Crippen molar-refractivity contribution in [3.05, 3.63) is 60.2 Å². The van der Waals surface area contributed by atoms with Crippen LogP contribution in [0.25, 0.3) is 22.2 Å². The molecule has 3 rings (SSSR count). The van der Waals surface area contributed by atoms with Crippen LogP contribution in [0, 0.1) is 6.92 Å². The van der Waals surface area contributed by atoms with Crippen LogP contribution in [0.5, 0.6) is 0 Å². The van der Waals surface area contributed by atoms with Gasteiger partial charge in [-0.2, -0.15) is 0 Å².